The minimum absolute atomic E-state index is 0. The van der Waals surface area contributed by atoms with Crippen molar-refractivity contribution >= 4 is 10.9 Å². The molecule has 54 valence electrons. The molecule has 2 rings (SSSR count). The molecule has 2 heteroatoms. The van der Waals surface area contributed by atoms with Crippen LogP contribution in [0.3, 0.4) is 0 Å². The first-order chi connectivity index (χ1) is 4.86. The van der Waals surface area contributed by atoms with Crippen molar-refractivity contribution in [1.29, 1.82) is 0 Å². The second-order valence-corrected chi connectivity index (χ2v) is 2.42. The van der Waals surface area contributed by atoms with E-state index in [1.807, 2.05) is 19.1 Å². The molecule has 1 nitrogen and oxygen atoms in total. The molecule has 1 aromatic heterocycles. The van der Waals surface area contributed by atoms with Crippen molar-refractivity contribution in [3.8, 4) is 0 Å². The molecule has 0 spiro atoms. The summed E-state index contributed by atoms with van der Waals surface area (Å²) in [6, 6.07) is 11.4. The van der Waals surface area contributed by atoms with Gasteiger partial charge in [0, 0.05) is 0 Å². The molecule has 1 aromatic carbocycles. The van der Waals surface area contributed by atoms with Gasteiger partial charge in [-0.05, 0) is 6.92 Å². The van der Waals surface area contributed by atoms with E-state index in [1.165, 1.54) is 10.9 Å². The molecular weight excluding hydrogens is 306 g/mol. The number of hydrogen-bond acceptors (Lipinski definition) is 0. The van der Waals surface area contributed by atoms with Crippen LogP contribution in [0.2, 0.25) is 0 Å². The van der Waals surface area contributed by atoms with Gasteiger partial charge in [-0.15, -0.1) is 6.07 Å². The van der Waals surface area contributed by atoms with Crippen LogP contribution in [0.15, 0.2) is 24.3 Å². The normalized spacial score (nSPS) is 9.55. The molecule has 0 aliphatic heterocycles. The van der Waals surface area contributed by atoms with E-state index in [2.05, 4.69) is 23.2 Å². The molecule has 0 fully saturated rings. The summed E-state index contributed by atoms with van der Waals surface area (Å²) < 4.78 is 0. The fourth-order valence-electron chi connectivity index (χ4n) is 1.14. The number of benzene rings is 1. The van der Waals surface area contributed by atoms with Gasteiger partial charge in [0.25, 0.3) is 0 Å². The summed E-state index contributed by atoms with van der Waals surface area (Å²) in [6.07, 6.45) is 0. The van der Waals surface area contributed by atoms with Crippen molar-refractivity contribution in [3.05, 3.63) is 36.0 Å². The average molecular weight is 314 g/mol. The van der Waals surface area contributed by atoms with Gasteiger partial charge in [-0.1, -0.05) is 23.3 Å². The molecule has 0 aliphatic carbocycles. The van der Waals surface area contributed by atoms with E-state index in [1.54, 1.807) is 0 Å². The molecule has 0 saturated heterocycles. The number of nitrogens with one attached hydrogen (secondary N) is 1. The van der Waals surface area contributed by atoms with Crippen molar-refractivity contribution in [2.45, 2.75) is 6.92 Å². The Labute approximate surface area is 80.1 Å². The summed E-state index contributed by atoms with van der Waals surface area (Å²) in [5.41, 5.74) is 2.27. The van der Waals surface area contributed by atoms with Gasteiger partial charge < -0.3 is 4.98 Å². The Morgan fingerprint density at radius 1 is 1.27 bits per heavy atom. The first-order valence-corrected chi connectivity index (χ1v) is 3.33. The van der Waals surface area contributed by atoms with Crippen LogP contribution in [-0.2, 0) is 21.1 Å². The Morgan fingerprint density at radius 3 is 2.73 bits per heavy atom. The number of aromatic nitrogens is 1. The minimum Gasteiger partial charge on any atom is -0.422 e. The molecule has 11 heavy (non-hydrogen) atoms. The van der Waals surface area contributed by atoms with Crippen molar-refractivity contribution in [3.63, 3.8) is 0 Å². The standard InChI is InChI=1S/C9H8N.W/c1-7-6-8-4-2-3-5-9(8)10-7;/h2-5,10H,1H3;/q-1;+2. The number of aromatic amines is 1. The number of H-pyrrole nitrogens is 1. The van der Waals surface area contributed by atoms with Crippen LogP contribution < -0.4 is 0 Å². The molecule has 0 unspecified atom stereocenters. The second kappa shape index (κ2) is 3.23. The number of rotatable bonds is 0. The summed E-state index contributed by atoms with van der Waals surface area (Å²) in [7, 11) is 0. The Morgan fingerprint density at radius 2 is 2.00 bits per heavy atom. The fourth-order valence-corrected chi connectivity index (χ4v) is 1.14. The summed E-state index contributed by atoms with van der Waals surface area (Å²) in [6.45, 7) is 2.01. The van der Waals surface area contributed by atoms with Crippen molar-refractivity contribution in [2.75, 3.05) is 0 Å². The molecule has 0 atom stereocenters. The molecule has 0 amide bonds. The van der Waals surface area contributed by atoms with E-state index in [-0.39, 0.29) is 21.1 Å². The Kier molecular flexibility index (Phi) is 2.51. The summed E-state index contributed by atoms with van der Waals surface area (Å²) in [4.78, 5) is 3.20. The summed E-state index contributed by atoms with van der Waals surface area (Å²) in [5.74, 6) is 0. The van der Waals surface area contributed by atoms with Crippen LogP contribution >= 0.6 is 0 Å². The van der Waals surface area contributed by atoms with Gasteiger partial charge in [-0.3, -0.25) is 0 Å². The Balaban J connectivity index is 0.000000605. The first kappa shape index (κ1) is 8.54. The molecular formula is C9H8NW+. The zero-order valence-electron chi connectivity index (χ0n) is 6.22. The molecule has 2 aromatic rings. The number of hydrogen-bond donors (Lipinski definition) is 1. The first-order valence-electron chi connectivity index (χ1n) is 3.33. The van der Waals surface area contributed by atoms with Gasteiger partial charge in [-0.25, -0.2) is 0 Å². The van der Waals surface area contributed by atoms with Gasteiger partial charge in [0.1, 0.15) is 0 Å². The van der Waals surface area contributed by atoms with Gasteiger partial charge in [0.2, 0.25) is 0 Å². The average Bonchev–Trinajstić information content (AvgIpc) is 2.27. The Bertz CT molecular complexity index is 318. The van der Waals surface area contributed by atoms with E-state index in [0.717, 1.165) is 5.69 Å². The SMILES string of the molecule is Cc1[c-]c2ccccc2[nH]1.[W+2]. The van der Waals surface area contributed by atoms with E-state index in [0.29, 0.717) is 0 Å². The van der Waals surface area contributed by atoms with Crippen LogP contribution in [0, 0.1) is 13.0 Å². The largest absolute Gasteiger partial charge is 2.00 e. The maximum absolute atomic E-state index is 3.20. The zero-order valence-corrected chi connectivity index (χ0v) is 9.15. The minimum atomic E-state index is 0. The van der Waals surface area contributed by atoms with Crippen LogP contribution in [0.4, 0.5) is 0 Å². The predicted molar refractivity (Wildman–Crippen MR) is 41.9 cm³/mol. The third-order valence-corrected chi connectivity index (χ3v) is 1.57. The molecule has 0 bridgehead atoms. The second-order valence-electron chi connectivity index (χ2n) is 2.42. The smallest absolute Gasteiger partial charge is 0.422 e. The summed E-state index contributed by atoms with van der Waals surface area (Å²) >= 11 is 0. The third kappa shape index (κ3) is 1.54. The Hall–Kier alpha value is -0.552. The molecule has 0 radical (unpaired) electrons. The monoisotopic (exact) mass is 314 g/mol. The maximum Gasteiger partial charge on any atom is 2.00 e. The van der Waals surface area contributed by atoms with Gasteiger partial charge in [0.05, 0.1) is 0 Å². The number of aryl methyl sites for hydroxylation is 1. The maximum atomic E-state index is 3.20. The third-order valence-electron chi connectivity index (χ3n) is 1.57. The van der Waals surface area contributed by atoms with Crippen LogP contribution in [0.1, 0.15) is 5.69 Å². The van der Waals surface area contributed by atoms with Crippen molar-refractivity contribution < 1.29 is 21.1 Å². The molecule has 0 saturated carbocycles. The van der Waals surface area contributed by atoms with E-state index in [4.69, 9.17) is 0 Å². The van der Waals surface area contributed by atoms with E-state index >= 15 is 0 Å². The predicted octanol–water partition coefficient (Wildman–Crippen LogP) is 2.27. The molecule has 1 N–H and O–H groups in total. The number of para-hydroxylation sites is 1. The quantitative estimate of drug-likeness (QED) is 0.718. The van der Waals surface area contributed by atoms with Crippen molar-refractivity contribution in [1.82, 2.24) is 4.98 Å². The summed E-state index contributed by atoms with van der Waals surface area (Å²) in [5, 5.41) is 1.17. The number of fused-ring (bicyclic) bond motifs is 1. The zero-order chi connectivity index (χ0) is 6.97. The van der Waals surface area contributed by atoms with Crippen LogP contribution in [-0.4, -0.2) is 4.98 Å². The topological polar surface area (TPSA) is 15.8 Å². The van der Waals surface area contributed by atoms with Crippen LogP contribution in [0.5, 0.6) is 0 Å². The fraction of sp³-hybridized carbons (Fsp3) is 0.111. The molecule has 0 aliphatic rings. The van der Waals surface area contributed by atoms with Gasteiger partial charge >= 0.3 is 21.1 Å². The van der Waals surface area contributed by atoms with Crippen LogP contribution in [0.25, 0.3) is 10.9 Å². The molecule has 1 heterocycles. The van der Waals surface area contributed by atoms with E-state index < -0.39 is 0 Å². The van der Waals surface area contributed by atoms with E-state index in [9.17, 15) is 0 Å². The van der Waals surface area contributed by atoms with Crippen molar-refractivity contribution in [2.24, 2.45) is 0 Å². The van der Waals surface area contributed by atoms with Gasteiger partial charge in [-0.2, -0.15) is 17.5 Å². The van der Waals surface area contributed by atoms with Gasteiger partial charge in [0.15, 0.2) is 0 Å².